The van der Waals surface area contributed by atoms with Crippen LogP contribution in [0.4, 0.5) is 0 Å². The Labute approximate surface area is 98.0 Å². The van der Waals surface area contributed by atoms with Crippen molar-refractivity contribution in [3.63, 3.8) is 0 Å². The Hall–Kier alpha value is -0.860. The lowest BCUT2D eigenvalue weighted by Crippen LogP contribution is -2.29. The van der Waals surface area contributed by atoms with Crippen molar-refractivity contribution in [1.82, 2.24) is 5.32 Å². The third-order valence-corrected chi connectivity index (χ3v) is 3.13. The van der Waals surface area contributed by atoms with Crippen LogP contribution in [0.25, 0.3) is 0 Å². The van der Waals surface area contributed by atoms with Crippen molar-refractivity contribution in [3.05, 3.63) is 35.9 Å². The van der Waals surface area contributed by atoms with Crippen LogP contribution in [0.1, 0.15) is 31.7 Å². The van der Waals surface area contributed by atoms with Gasteiger partial charge in [0.15, 0.2) is 0 Å². The second kappa shape index (κ2) is 5.46. The Balaban J connectivity index is 1.49. The summed E-state index contributed by atoms with van der Waals surface area (Å²) in [4.78, 5) is 0. The first-order chi connectivity index (χ1) is 7.79. The van der Waals surface area contributed by atoms with E-state index >= 15 is 0 Å². The molecule has 16 heavy (non-hydrogen) atoms. The van der Waals surface area contributed by atoms with Crippen LogP contribution in [0.2, 0.25) is 0 Å². The van der Waals surface area contributed by atoms with E-state index in [1.165, 1.54) is 18.4 Å². The average Bonchev–Trinajstić information content (AvgIpc) is 3.03. The van der Waals surface area contributed by atoms with Crippen LogP contribution in [0.5, 0.6) is 0 Å². The van der Waals surface area contributed by atoms with Crippen LogP contribution in [0.15, 0.2) is 30.3 Å². The van der Waals surface area contributed by atoms with Crippen LogP contribution in [0.3, 0.4) is 0 Å². The zero-order chi connectivity index (χ0) is 11.3. The monoisotopic (exact) mass is 219 g/mol. The number of hydrogen-bond donors (Lipinski definition) is 1. The summed E-state index contributed by atoms with van der Waals surface area (Å²) in [5, 5.41) is 3.55. The number of ether oxygens (including phenoxy) is 1. The lowest BCUT2D eigenvalue weighted by Gasteiger charge is -2.10. The summed E-state index contributed by atoms with van der Waals surface area (Å²) in [6.07, 6.45) is 3.76. The number of hydrogen-bond acceptors (Lipinski definition) is 2. The van der Waals surface area contributed by atoms with Crippen molar-refractivity contribution >= 4 is 0 Å². The summed E-state index contributed by atoms with van der Waals surface area (Å²) in [6.45, 7) is 4.94. The fourth-order valence-electron chi connectivity index (χ4n) is 1.69. The molecule has 1 aromatic rings. The Kier molecular flexibility index (Phi) is 3.97. The van der Waals surface area contributed by atoms with Gasteiger partial charge in [-0.2, -0.15) is 0 Å². The van der Waals surface area contributed by atoms with E-state index in [0.29, 0.717) is 5.54 Å². The van der Waals surface area contributed by atoms with Crippen LogP contribution in [-0.4, -0.2) is 18.7 Å². The Morgan fingerprint density at radius 2 is 2.00 bits per heavy atom. The van der Waals surface area contributed by atoms with Gasteiger partial charge in [-0.1, -0.05) is 30.3 Å². The summed E-state index contributed by atoms with van der Waals surface area (Å²) in [5.74, 6) is 0. The number of benzene rings is 1. The lowest BCUT2D eigenvalue weighted by atomic mass is 10.2. The Morgan fingerprint density at radius 3 is 2.69 bits per heavy atom. The van der Waals surface area contributed by atoms with Crippen molar-refractivity contribution < 1.29 is 4.74 Å². The van der Waals surface area contributed by atoms with Crippen LogP contribution in [-0.2, 0) is 11.3 Å². The van der Waals surface area contributed by atoms with E-state index in [-0.39, 0.29) is 0 Å². The van der Waals surface area contributed by atoms with Crippen molar-refractivity contribution in [1.29, 1.82) is 0 Å². The lowest BCUT2D eigenvalue weighted by molar-refractivity contribution is 0.118. The van der Waals surface area contributed by atoms with E-state index in [0.717, 1.165) is 26.2 Å². The minimum Gasteiger partial charge on any atom is -0.377 e. The summed E-state index contributed by atoms with van der Waals surface area (Å²) in [7, 11) is 0. The summed E-state index contributed by atoms with van der Waals surface area (Å²) < 4.78 is 5.61. The zero-order valence-electron chi connectivity index (χ0n) is 10.0. The minimum absolute atomic E-state index is 0.458. The molecule has 1 aliphatic rings. The first-order valence-electron chi connectivity index (χ1n) is 6.15. The predicted octanol–water partition coefficient (Wildman–Crippen LogP) is 2.74. The quantitative estimate of drug-likeness (QED) is 0.712. The normalized spacial score (nSPS) is 17.3. The van der Waals surface area contributed by atoms with Gasteiger partial charge >= 0.3 is 0 Å². The highest BCUT2D eigenvalue weighted by Crippen LogP contribution is 2.33. The molecule has 2 nitrogen and oxygen atoms in total. The molecule has 0 heterocycles. The van der Waals surface area contributed by atoms with Crippen molar-refractivity contribution in [2.45, 2.75) is 38.3 Å². The molecule has 0 aromatic heterocycles. The minimum atomic E-state index is 0.458. The standard InChI is InChI=1S/C14H21NO/c1-14(8-9-14)15-10-5-11-16-12-13-6-3-2-4-7-13/h2-4,6-7,15H,5,8-12H2,1H3. The predicted molar refractivity (Wildman–Crippen MR) is 66.4 cm³/mol. The highest BCUT2D eigenvalue weighted by atomic mass is 16.5. The summed E-state index contributed by atoms with van der Waals surface area (Å²) in [5.41, 5.74) is 1.71. The van der Waals surface area contributed by atoms with Crippen molar-refractivity contribution in [3.8, 4) is 0 Å². The molecule has 0 aliphatic heterocycles. The maximum atomic E-state index is 5.61. The van der Waals surface area contributed by atoms with Gasteiger partial charge in [-0.25, -0.2) is 0 Å². The molecule has 1 aliphatic carbocycles. The molecule has 0 saturated heterocycles. The molecule has 0 radical (unpaired) electrons. The second-order valence-electron chi connectivity index (χ2n) is 4.88. The topological polar surface area (TPSA) is 21.3 Å². The van der Waals surface area contributed by atoms with Gasteiger partial charge in [0.25, 0.3) is 0 Å². The van der Waals surface area contributed by atoms with E-state index in [1.54, 1.807) is 0 Å². The van der Waals surface area contributed by atoms with Crippen molar-refractivity contribution in [2.24, 2.45) is 0 Å². The van der Waals surface area contributed by atoms with Crippen LogP contribution >= 0.6 is 0 Å². The van der Waals surface area contributed by atoms with Gasteiger partial charge in [0.1, 0.15) is 0 Å². The van der Waals surface area contributed by atoms with Gasteiger partial charge in [-0.15, -0.1) is 0 Å². The highest BCUT2D eigenvalue weighted by molar-refractivity contribution is 5.13. The first kappa shape index (κ1) is 11.6. The van der Waals surface area contributed by atoms with E-state index in [1.807, 2.05) is 18.2 Å². The molecule has 2 heteroatoms. The molecule has 1 aromatic carbocycles. The van der Waals surface area contributed by atoms with Crippen molar-refractivity contribution in [2.75, 3.05) is 13.2 Å². The largest absolute Gasteiger partial charge is 0.377 e. The van der Waals surface area contributed by atoms with E-state index in [4.69, 9.17) is 4.74 Å². The first-order valence-corrected chi connectivity index (χ1v) is 6.15. The summed E-state index contributed by atoms with van der Waals surface area (Å²) in [6, 6.07) is 10.3. The molecule has 2 rings (SSSR count). The van der Waals surface area contributed by atoms with E-state index in [9.17, 15) is 0 Å². The smallest absolute Gasteiger partial charge is 0.0716 e. The molecular formula is C14H21NO. The molecule has 0 spiro atoms. The zero-order valence-corrected chi connectivity index (χ0v) is 10.0. The van der Waals surface area contributed by atoms with Crippen LogP contribution in [0, 0.1) is 0 Å². The van der Waals surface area contributed by atoms with Gasteiger partial charge < -0.3 is 10.1 Å². The third-order valence-electron chi connectivity index (χ3n) is 3.13. The summed E-state index contributed by atoms with van der Waals surface area (Å²) >= 11 is 0. The molecule has 0 unspecified atom stereocenters. The second-order valence-corrected chi connectivity index (χ2v) is 4.88. The van der Waals surface area contributed by atoms with E-state index in [2.05, 4.69) is 24.4 Å². The number of nitrogens with one attached hydrogen (secondary N) is 1. The van der Waals surface area contributed by atoms with Gasteiger partial charge in [-0.05, 0) is 38.3 Å². The molecule has 0 amide bonds. The average molecular weight is 219 g/mol. The van der Waals surface area contributed by atoms with Gasteiger partial charge in [0, 0.05) is 12.1 Å². The fraction of sp³-hybridized carbons (Fsp3) is 0.571. The molecule has 88 valence electrons. The maximum absolute atomic E-state index is 5.61. The molecule has 1 N–H and O–H groups in total. The Morgan fingerprint density at radius 1 is 1.25 bits per heavy atom. The molecule has 1 fully saturated rings. The third kappa shape index (κ3) is 3.95. The van der Waals surface area contributed by atoms with E-state index < -0.39 is 0 Å². The fourth-order valence-corrected chi connectivity index (χ4v) is 1.69. The molecule has 1 saturated carbocycles. The van der Waals surface area contributed by atoms with Crippen LogP contribution < -0.4 is 5.32 Å². The van der Waals surface area contributed by atoms with Gasteiger partial charge in [-0.3, -0.25) is 0 Å². The molecule has 0 atom stereocenters. The van der Waals surface area contributed by atoms with Gasteiger partial charge in [0.2, 0.25) is 0 Å². The SMILES string of the molecule is CC1(NCCCOCc2ccccc2)CC1. The molecular weight excluding hydrogens is 198 g/mol. The maximum Gasteiger partial charge on any atom is 0.0716 e. The number of rotatable bonds is 7. The highest BCUT2D eigenvalue weighted by Gasteiger charge is 2.35. The Bertz CT molecular complexity index is 306. The van der Waals surface area contributed by atoms with Gasteiger partial charge in [0.05, 0.1) is 6.61 Å². The molecule has 0 bridgehead atoms.